The number of hydrogen-bond acceptors (Lipinski definition) is 4. The van der Waals surface area contributed by atoms with Crippen LogP contribution in [0.1, 0.15) is 46.8 Å². The van der Waals surface area contributed by atoms with Crippen molar-refractivity contribution in [2.75, 3.05) is 26.2 Å². The van der Waals surface area contributed by atoms with Crippen molar-refractivity contribution in [2.45, 2.75) is 37.2 Å². The zero-order valence-corrected chi connectivity index (χ0v) is 24.5. The van der Waals surface area contributed by atoms with Gasteiger partial charge in [0.1, 0.15) is 0 Å². The summed E-state index contributed by atoms with van der Waals surface area (Å²) < 4.78 is 0. The maximum atomic E-state index is 12.8. The van der Waals surface area contributed by atoms with E-state index in [0.29, 0.717) is 51.5 Å². The number of nitrogens with zero attached hydrogens (tertiary/aromatic N) is 2. The van der Waals surface area contributed by atoms with Crippen LogP contribution < -0.4 is 5.32 Å². The van der Waals surface area contributed by atoms with Crippen molar-refractivity contribution >= 4 is 64.7 Å². The monoisotopic (exact) mass is 615 g/mol. The second-order valence-electron chi connectivity index (χ2n) is 9.56. The molecule has 1 saturated heterocycles. The van der Waals surface area contributed by atoms with Gasteiger partial charge in [-0.25, -0.2) is 0 Å². The van der Waals surface area contributed by atoms with E-state index in [2.05, 4.69) is 15.2 Å². The fourth-order valence-electron chi connectivity index (χ4n) is 4.69. The molecule has 1 aromatic heterocycles. The van der Waals surface area contributed by atoms with E-state index in [-0.39, 0.29) is 24.2 Å². The molecule has 0 radical (unpaired) electrons. The number of nitrogens with one attached hydrogen (secondary N) is 1. The molecular formula is C28H30Cl5N3O2. The van der Waals surface area contributed by atoms with Gasteiger partial charge in [-0.15, -0.1) is 12.4 Å². The van der Waals surface area contributed by atoms with Crippen LogP contribution in [-0.4, -0.2) is 52.7 Å². The van der Waals surface area contributed by atoms with Crippen LogP contribution in [0, 0.1) is 0 Å². The number of amides is 1. The van der Waals surface area contributed by atoms with Crippen LogP contribution in [0.2, 0.25) is 20.1 Å². The van der Waals surface area contributed by atoms with Crippen molar-refractivity contribution < 1.29 is 9.90 Å². The highest BCUT2D eigenvalue weighted by molar-refractivity contribution is 6.42. The smallest absolute Gasteiger partial charge is 0.252 e. The number of pyridine rings is 1. The Hall–Kier alpha value is -1.57. The Bertz CT molecular complexity index is 1220. The molecule has 1 amide bonds. The quantitative estimate of drug-likeness (QED) is 0.269. The van der Waals surface area contributed by atoms with Gasteiger partial charge in [0, 0.05) is 48.9 Å². The molecule has 2 aromatic carbocycles. The van der Waals surface area contributed by atoms with Crippen LogP contribution in [0.25, 0.3) is 0 Å². The van der Waals surface area contributed by atoms with Crippen LogP contribution in [0.15, 0.2) is 60.8 Å². The molecule has 0 spiro atoms. The highest BCUT2D eigenvalue weighted by Gasteiger charge is 2.33. The number of hydrogen-bond donors (Lipinski definition) is 2. The molecule has 38 heavy (non-hydrogen) atoms. The Balaban J connectivity index is 0.00000400. The zero-order chi connectivity index (χ0) is 26.4. The largest absolute Gasteiger partial charge is 0.389 e. The summed E-state index contributed by atoms with van der Waals surface area (Å²) in [6.45, 7) is 2.82. The summed E-state index contributed by atoms with van der Waals surface area (Å²) in [6, 6.07) is 16.2. The Morgan fingerprint density at radius 1 is 1.00 bits per heavy atom. The normalized spacial score (nSPS) is 15.9. The maximum absolute atomic E-state index is 12.8. The molecule has 1 aliphatic rings. The Morgan fingerprint density at radius 2 is 1.76 bits per heavy atom. The first-order valence-corrected chi connectivity index (χ1v) is 13.8. The number of carbonyl (C=O) groups excluding carboxylic acids is 1. The molecule has 4 rings (SSSR count). The van der Waals surface area contributed by atoms with E-state index in [1.54, 1.807) is 30.5 Å². The summed E-state index contributed by atoms with van der Waals surface area (Å²) in [4.78, 5) is 19.6. The number of rotatable bonds is 9. The van der Waals surface area contributed by atoms with Crippen LogP contribution in [0.5, 0.6) is 0 Å². The lowest BCUT2D eigenvalue weighted by Crippen LogP contribution is -2.46. The SMILES string of the molecule is Cl.O=C(NCC(CCN1CCC(O)(Cc2ccccn2)CC1)c1ccc(Cl)c(Cl)c1)c1ccc(Cl)cc1Cl. The van der Waals surface area contributed by atoms with Gasteiger partial charge in [0.2, 0.25) is 0 Å². The molecule has 0 aliphatic carbocycles. The van der Waals surface area contributed by atoms with Gasteiger partial charge in [-0.3, -0.25) is 9.78 Å². The molecule has 1 unspecified atom stereocenters. The van der Waals surface area contributed by atoms with Gasteiger partial charge in [0.25, 0.3) is 5.91 Å². The standard InChI is InChI=1S/C28H29Cl4N3O2.ClH/c29-21-5-6-23(25(31)16-21)27(36)34-18-20(19-4-7-24(30)26(32)15-19)8-12-35-13-9-28(37,10-14-35)17-22-3-1-2-11-33-22;/h1-7,11,15-16,20,37H,8-10,12-14,17-18H2,(H,34,36);1H. The zero-order valence-electron chi connectivity index (χ0n) is 20.7. The number of halogens is 5. The number of benzene rings is 2. The fourth-order valence-corrected chi connectivity index (χ4v) is 5.49. The average molecular weight is 618 g/mol. The van der Waals surface area contributed by atoms with E-state index in [1.165, 1.54) is 0 Å². The number of piperidine rings is 1. The molecule has 3 aromatic rings. The van der Waals surface area contributed by atoms with Gasteiger partial charge < -0.3 is 15.3 Å². The van der Waals surface area contributed by atoms with Crippen LogP contribution in [0.4, 0.5) is 0 Å². The van der Waals surface area contributed by atoms with Crippen molar-refractivity contribution in [1.29, 1.82) is 0 Å². The molecule has 0 saturated carbocycles. The minimum atomic E-state index is -0.736. The Labute approximate surface area is 249 Å². The molecule has 2 heterocycles. The third kappa shape index (κ3) is 8.46. The van der Waals surface area contributed by atoms with E-state index in [9.17, 15) is 9.90 Å². The first-order valence-electron chi connectivity index (χ1n) is 12.3. The van der Waals surface area contributed by atoms with Crippen molar-refractivity contribution in [3.05, 3.63) is 97.7 Å². The predicted molar refractivity (Wildman–Crippen MR) is 158 cm³/mol. The van der Waals surface area contributed by atoms with E-state index >= 15 is 0 Å². The van der Waals surface area contributed by atoms with E-state index in [4.69, 9.17) is 46.4 Å². The lowest BCUT2D eigenvalue weighted by molar-refractivity contribution is -0.0217. The second-order valence-corrected chi connectivity index (χ2v) is 11.2. The van der Waals surface area contributed by atoms with Gasteiger partial charge >= 0.3 is 0 Å². The number of aromatic nitrogens is 1. The molecule has 10 heteroatoms. The summed E-state index contributed by atoms with van der Waals surface area (Å²) in [6.07, 6.45) is 4.49. The average Bonchev–Trinajstić information content (AvgIpc) is 2.87. The van der Waals surface area contributed by atoms with Crippen molar-refractivity contribution in [2.24, 2.45) is 0 Å². The molecule has 0 bridgehead atoms. The minimum absolute atomic E-state index is 0. The van der Waals surface area contributed by atoms with Gasteiger partial charge in [-0.1, -0.05) is 58.5 Å². The summed E-state index contributed by atoms with van der Waals surface area (Å²) in [5.74, 6) is -0.247. The topological polar surface area (TPSA) is 65.5 Å². The summed E-state index contributed by atoms with van der Waals surface area (Å²) in [5.41, 5.74) is 1.55. The highest BCUT2D eigenvalue weighted by Crippen LogP contribution is 2.30. The molecule has 204 valence electrons. The first kappa shape index (κ1) is 31.0. The fraction of sp³-hybridized carbons (Fsp3) is 0.357. The predicted octanol–water partition coefficient (Wildman–Crippen LogP) is 7.09. The third-order valence-electron chi connectivity index (χ3n) is 6.92. The Kier molecular flexibility index (Phi) is 11.6. The van der Waals surface area contributed by atoms with Gasteiger partial charge in [0.05, 0.1) is 26.2 Å². The second kappa shape index (κ2) is 14.2. The van der Waals surface area contributed by atoms with Crippen LogP contribution in [-0.2, 0) is 6.42 Å². The Morgan fingerprint density at radius 3 is 2.42 bits per heavy atom. The van der Waals surface area contributed by atoms with Gasteiger partial charge in [-0.05, 0) is 73.8 Å². The molecule has 1 fully saturated rings. The van der Waals surface area contributed by atoms with E-state index < -0.39 is 5.60 Å². The lowest BCUT2D eigenvalue weighted by atomic mass is 9.86. The number of likely N-dealkylation sites (tertiary alicyclic amines) is 1. The van der Waals surface area contributed by atoms with Gasteiger partial charge in [-0.2, -0.15) is 0 Å². The highest BCUT2D eigenvalue weighted by atomic mass is 35.5. The maximum Gasteiger partial charge on any atom is 0.252 e. The number of carbonyl (C=O) groups is 1. The molecule has 5 nitrogen and oxygen atoms in total. The summed E-state index contributed by atoms with van der Waals surface area (Å²) in [5, 5.41) is 15.9. The molecule has 2 N–H and O–H groups in total. The van der Waals surface area contributed by atoms with E-state index in [0.717, 1.165) is 37.3 Å². The minimum Gasteiger partial charge on any atom is -0.389 e. The lowest BCUT2D eigenvalue weighted by Gasteiger charge is -2.38. The van der Waals surface area contributed by atoms with Gasteiger partial charge in [0.15, 0.2) is 0 Å². The van der Waals surface area contributed by atoms with Crippen molar-refractivity contribution in [3.63, 3.8) is 0 Å². The molecular weight excluding hydrogens is 588 g/mol. The van der Waals surface area contributed by atoms with Crippen molar-refractivity contribution in [3.8, 4) is 0 Å². The number of aliphatic hydroxyl groups is 1. The van der Waals surface area contributed by atoms with Crippen LogP contribution in [0.3, 0.4) is 0 Å². The summed E-state index contributed by atoms with van der Waals surface area (Å²) >= 11 is 24.6. The van der Waals surface area contributed by atoms with Crippen LogP contribution >= 0.6 is 58.8 Å². The molecule has 1 aliphatic heterocycles. The summed E-state index contributed by atoms with van der Waals surface area (Å²) in [7, 11) is 0. The first-order chi connectivity index (χ1) is 17.7. The van der Waals surface area contributed by atoms with Crippen molar-refractivity contribution in [1.82, 2.24) is 15.2 Å². The third-order valence-corrected chi connectivity index (χ3v) is 8.20. The van der Waals surface area contributed by atoms with E-state index in [1.807, 2.05) is 30.3 Å². The molecule has 1 atom stereocenters.